The number of ether oxygens (including phenoxy) is 2. The first-order valence-electron chi connectivity index (χ1n) is 7.47. The lowest BCUT2D eigenvalue weighted by Crippen LogP contribution is -2.46. The van der Waals surface area contributed by atoms with Crippen molar-refractivity contribution >= 4 is 34.5 Å². The topological polar surface area (TPSA) is 30.5 Å². The van der Waals surface area contributed by atoms with Gasteiger partial charge in [0, 0.05) is 31.4 Å². The summed E-state index contributed by atoms with van der Waals surface area (Å²) >= 11 is 13.9. The molecule has 2 unspecified atom stereocenters. The minimum absolute atomic E-state index is 0.00254. The van der Waals surface area contributed by atoms with Gasteiger partial charge in [-0.2, -0.15) is 0 Å². The summed E-state index contributed by atoms with van der Waals surface area (Å²) in [5.41, 5.74) is 1.13. The van der Waals surface area contributed by atoms with Crippen LogP contribution in [0.4, 0.5) is 0 Å². The molecule has 0 saturated carbocycles. The van der Waals surface area contributed by atoms with Crippen LogP contribution < -0.4 is 5.32 Å². The molecular formula is C15H21Cl2NO2S. The predicted octanol–water partition coefficient (Wildman–Crippen LogP) is 4.29. The second-order valence-corrected chi connectivity index (χ2v) is 8.23. The maximum Gasteiger partial charge on any atom is 0.0992 e. The number of thiophene rings is 1. The Labute approximate surface area is 139 Å². The molecule has 1 aromatic rings. The second kappa shape index (κ2) is 6.73. The van der Waals surface area contributed by atoms with Crippen molar-refractivity contribution in [2.75, 3.05) is 26.9 Å². The minimum atomic E-state index is 0.00254. The fourth-order valence-electron chi connectivity index (χ4n) is 3.65. The van der Waals surface area contributed by atoms with Crippen molar-refractivity contribution in [3.63, 3.8) is 0 Å². The fraction of sp³-hybridized carbons (Fsp3) is 0.733. The second-order valence-electron chi connectivity index (χ2n) is 5.94. The molecule has 1 spiro atoms. The van der Waals surface area contributed by atoms with Gasteiger partial charge in [0.2, 0.25) is 0 Å². The van der Waals surface area contributed by atoms with E-state index in [1.165, 1.54) is 11.3 Å². The van der Waals surface area contributed by atoms with Crippen LogP contribution >= 0.6 is 34.5 Å². The van der Waals surface area contributed by atoms with E-state index >= 15 is 0 Å². The van der Waals surface area contributed by atoms with Crippen molar-refractivity contribution in [1.82, 2.24) is 5.32 Å². The first-order chi connectivity index (χ1) is 10.1. The van der Waals surface area contributed by atoms with Crippen molar-refractivity contribution in [3.05, 3.63) is 20.3 Å². The van der Waals surface area contributed by atoms with Gasteiger partial charge >= 0.3 is 0 Å². The molecule has 3 nitrogen and oxygen atoms in total. The minimum Gasteiger partial charge on any atom is -0.381 e. The van der Waals surface area contributed by atoms with E-state index in [0.717, 1.165) is 59.7 Å². The predicted molar refractivity (Wildman–Crippen MR) is 87.6 cm³/mol. The first kappa shape index (κ1) is 16.0. The Bertz CT molecular complexity index is 483. The maximum absolute atomic E-state index is 6.36. The lowest BCUT2D eigenvalue weighted by Gasteiger charge is -2.45. The van der Waals surface area contributed by atoms with Crippen LogP contribution in [0.25, 0.3) is 0 Å². The lowest BCUT2D eigenvalue weighted by atomic mass is 9.76. The Morgan fingerprint density at radius 1 is 1.33 bits per heavy atom. The van der Waals surface area contributed by atoms with Crippen molar-refractivity contribution < 1.29 is 9.47 Å². The van der Waals surface area contributed by atoms with Gasteiger partial charge in [0.25, 0.3) is 0 Å². The summed E-state index contributed by atoms with van der Waals surface area (Å²) in [7, 11) is 2.00. The van der Waals surface area contributed by atoms with Crippen molar-refractivity contribution in [2.45, 2.75) is 37.3 Å². The Morgan fingerprint density at radius 3 is 2.71 bits per heavy atom. The van der Waals surface area contributed by atoms with E-state index in [2.05, 4.69) is 5.32 Å². The molecule has 21 heavy (non-hydrogen) atoms. The average Bonchev–Trinajstić information content (AvgIpc) is 2.80. The highest BCUT2D eigenvalue weighted by atomic mass is 35.5. The molecule has 2 aliphatic heterocycles. The van der Waals surface area contributed by atoms with Crippen LogP contribution in [0.2, 0.25) is 8.67 Å². The zero-order chi connectivity index (χ0) is 14.9. The largest absolute Gasteiger partial charge is 0.381 e. The molecular weight excluding hydrogens is 329 g/mol. The van der Waals surface area contributed by atoms with Crippen LogP contribution in [0.3, 0.4) is 0 Å². The zero-order valence-electron chi connectivity index (χ0n) is 12.2. The molecule has 2 aliphatic rings. The summed E-state index contributed by atoms with van der Waals surface area (Å²) in [5.74, 6) is 0.519. The summed E-state index contributed by atoms with van der Waals surface area (Å²) in [6, 6.07) is 2.24. The molecule has 118 valence electrons. The van der Waals surface area contributed by atoms with Crippen molar-refractivity contribution in [3.8, 4) is 0 Å². The van der Waals surface area contributed by atoms with Gasteiger partial charge in [-0.3, -0.25) is 0 Å². The van der Waals surface area contributed by atoms with Crippen LogP contribution in [0.1, 0.15) is 37.3 Å². The quantitative estimate of drug-likeness (QED) is 0.882. The van der Waals surface area contributed by atoms with E-state index in [9.17, 15) is 0 Å². The van der Waals surface area contributed by atoms with E-state index in [0.29, 0.717) is 5.92 Å². The summed E-state index contributed by atoms with van der Waals surface area (Å²) in [5, 5.41) is 3.44. The average molecular weight is 350 g/mol. The summed E-state index contributed by atoms with van der Waals surface area (Å²) in [6.45, 7) is 2.43. The number of hydrogen-bond donors (Lipinski definition) is 1. The van der Waals surface area contributed by atoms with Gasteiger partial charge in [0.15, 0.2) is 0 Å². The zero-order valence-corrected chi connectivity index (χ0v) is 14.5. The molecule has 0 bridgehead atoms. The highest BCUT2D eigenvalue weighted by molar-refractivity contribution is 7.20. The molecule has 2 saturated heterocycles. The molecule has 2 atom stereocenters. The third-order valence-electron chi connectivity index (χ3n) is 4.74. The van der Waals surface area contributed by atoms with Crippen molar-refractivity contribution in [2.24, 2.45) is 5.92 Å². The van der Waals surface area contributed by atoms with E-state index in [1.54, 1.807) is 0 Å². The molecule has 6 heteroatoms. The molecule has 0 aromatic carbocycles. The standard InChI is InChI=1S/C15H21Cl2NO2S/c1-18-13(11-8-12(16)21-14(11)17)10-2-5-20-15(9-10)3-6-19-7-4-15/h8,10,13,18H,2-7,9H2,1H3. The number of halogens is 2. The smallest absolute Gasteiger partial charge is 0.0992 e. The SMILES string of the molecule is CNC(c1cc(Cl)sc1Cl)C1CCOC2(CCOCC2)C1. The molecule has 3 rings (SSSR count). The molecule has 2 fully saturated rings. The Hall–Kier alpha value is 0.160. The maximum atomic E-state index is 6.36. The van der Waals surface area contributed by atoms with Gasteiger partial charge < -0.3 is 14.8 Å². The van der Waals surface area contributed by atoms with Gasteiger partial charge in [0.05, 0.1) is 14.3 Å². The van der Waals surface area contributed by atoms with Crippen LogP contribution in [-0.2, 0) is 9.47 Å². The summed E-state index contributed by atoms with van der Waals surface area (Å²) in [6.07, 6.45) is 4.11. The number of hydrogen-bond acceptors (Lipinski definition) is 4. The molecule has 3 heterocycles. The number of nitrogens with one attached hydrogen (secondary N) is 1. The first-order valence-corrected chi connectivity index (χ1v) is 9.04. The van der Waals surface area contributed by atoms with Gasteiger partial charge in [0.1, 0.15) is 0 Å². The monoisotopic (exact) mass is 349 g/mol. The van der Waals surface area contributed by atoms with Gasteiger partial charge in [-0.1, -0.05) is 23.2 Å². The Kier molecular flexibility index (Phi) is 5.14. The molecule has 0 aliphatic carbocycles. The van der Waals surface area contributed by atoms with Gasteiger partial charge in [-0.25, -0.2) is 0 Å². The molecule has 0 radical (unpaired) electrons. The third-order valence-corrected chi connectivity index (χ3v) is 6.25. The molecule has 1 N–H and O–H groups in total. The fourth-order valence-corrected chi connectivity index (χ4v) is 5.20. The van der Waals surface area contributed by atoms with Gasteiger partial charge in [-0.15, -0.1) is 11.3 Å². The number of rotatable bonds is 3. The highest BCUT2D eigenvalue weighted by Gasteiger charge is 2.41. The lowest BCUT2D eigenvalue weighted by molar-refractivity contribution is -0.150. The van der Waals surface area contributed by atoms with E-state index in [-0.39, 0.29) is 11.6 Å². The third kappa shape index (κ3) is 3.41. The van der Waals surface area contributed by atoms with Gasteiger partial charge in [-0.05, 0) is 44.7 Å². The van der Waals surface area contributed by atoms with Crippen LogP contribution in [0, 0.1) is 5.92 Å². The summed E-state index contributed by atoms with van der Waals surface area (Å²) in [4.78, 5) is 0. The highest BCUT2D eigenvalue weighted by Crippen LogP contribution is 2.45. The van der Waals surface area contributed by atoms with E-state index in [1.807, 2.05) is 13.1 Å². The Morgan fingerprint density at radius 2 is 2.10 bits per heavy atom. The van der Waals surface area contributed by atoms with E-state index < -0.39 is 0 Å². The van der Waals surface area contributed by atoms with Crippen molar-refractivity contribution in [1.29, 1.82) is 0 Å². The Balaban J connectivity index is 1.78. The molecule has 0 amide bonds. The van der Waals surface area contributed by atoms with E-state index in [4.69, 9.17) is 32.7 Å². The summed E-state index contributed by atoms with van der Waals surface area (Å²) < 4.78 is 13.2. The van der Waals surface area contributed by atoms with Crippen LogP contribution in [0.15, 0.2) is 6.07 Å². The van der Waals surface area contributed by atoms with Crippen LogP contribution in [-0.4, -0.2) is 32.5 Å². The normalized spacial score (nSPS) is 26.9. The molecule has 1 aromatic heterocycles. The van der Waals surface area contributed by atoms with Crippen LogP contribution in [0.5, 0.6) is 0 Å².